The number of hydrogen-bond acceptors (Lipinski definition) is 3. The van der Waals surface area contributed by atoms with E-state index in [0.29, 0.717) is 16.3 Å². The topological polar surface area (TPSA) is 39.2 Å². The molecule has 0 atom stereocenters. The summed E-state index contributed by atoms with van der Waals surface area (Å²) in [4.78, 5) is 15.7. The molecule has 0 unspecified atom stereocenters. The molecule has 0 N–H and O–H groups in total. The van der Waals surface area contributed by atoms with E-state index in [1.807, 2.05) is 12.1 Å². The maximum Gasteiger partial charge on any atom is 0.200 e. The smallest absolute Gasteiger partial charge is 0.200 e. The number of ketones is 1. The van der Waals surface area contributed by atoms with Crippen molar-refractivity contribution in [2.75, 3.05) is 6.61 Å². The van der Waals surface area contributed by atoms with Gasteiger partial charge in [-0.2, -0.15) is 0 Å². The van der Waals surface area contributed by atoms with E-state index in [1.165, 1.54) is 12.4 Å². The number of carbonyl (C=O) groups excluding carboxylic acids is 1. The summed E-state index contributed by atoms with van der Waals surface area (Å²) in [5, 5.41) is 0.481. The van der Waals surface area contributed by atoms with Crippen LogP contribution in [-0.2, 0) is 0 Å². The molecule has 1 aromatic heterocycles. The van der Waals surface area contributed by atoms with Gasteiger partial charge >= 0.3 is 0 Å². The summed E-state index contributed by atoms with van der Waals surface area (Å²) in [6.07, 6.45) is 3.03. The zero-order chi connectivity index (χ0) is 13.0. The molecule has 2 aromatic rings. The maximum atomic E-state index is 11.8. The number of hydrogen-bond donors (Lipinski definition) is 0. The van der Waals surface area contributed by atoms with Crippen LogP contribution in [0.2, 0.25) is 5.02 Å². The molecule has 1 heterocycles. The number of Topliss-reactive ketones (excluding diaryl/α,β-unsaturated/α-hetero) is 1. The molecule has 92 valence electrons. The predicted octanol–water partition coefficient (Wildman–Crippen LogP) is 3.60. The number of halogens is 2. The van der Waals surface area contributed by atoms with Gasteiger partial charge in [-0.1, -0.05) is 23.7 Å². The Morgan fingerprint density at radius 3 is 2.67 bits per heavy atom. The molecule has 0 aliphatic carbocycles. The zero-order valence-corrected chi connectivity index (χ0v) is 12.2. The Balaban J connectivity index is 1.98. The summed E-state index contributed by atoms with van der Waals surface area (Å²) < 4.78 is 6.42. The van der Waals surface area contributed by atoms with Gasteiger partial charge in [0, 0.05) is 21.4 Å². The molecular weight excluding hydrogens is 365 g/mol. The lowest BCUT2D eigenvalue weighted by Gasteiger charge is -2.05. The van der Waals surface area contributed by atoms with Crippen LogP contribution in [0.1, 0.15) is 10.4 Å². The predicted molar refractivity (Wildman–Crippen MR) is 78.2 cm³/mol. The molecule has 0 amide bonds. The van der Waals surface area contributed by atoms with Crippen LogP contribution in [0.25, 0.3) is 0 Å². The number of nitrogens with zero attached hydrogens (tertiary/aromatic N) is 1. The van der Waals surface area contributed by atoms with Gasteiger partial charge in [0.25, 0.3) is 0 Å². The van der Waals surface area contributed by atoms with Gasteiger partial charge in [-0.05, 0) is 34.7 Å². The lowest BCUT2D eigenvalue weighted by molar-refractivity contribution is 0.0921. The minimum Gasteiger partial charge on any atom is -0.484 e. The number of benzene rings is 1. The molecular formula is C13H9ClINO2. The van der Waals surface area contributed by atoms with Crippen molar-refractivity contribution in [1.29, 1.82) is 0 Å². The number of pyridine rings is 1. The minimum absolute atomic E-state index is 0.0252. The molecule has 2 rings (SSSR count). The average Bonchev–Trinajstić information content (AvgIpc) is 2.37. The number of carbonyl (C=O) groups is 1. The maximum absolute atomic E-state index is 11.8. The second-order valence-electron chi connectivity index (χ2n) is 3.56. The van der Waals surface area contributed by atoms with Crippen molar-refractivity contribution < 1.29 is 9.53 Å². The molecule has 5 heteroatoms. The van der Waals surface area contributed by atoms with Crippen LogP contribution in [0.15, 0.2) is 42.7 Å². The molecule has 0 saturated heterocycles. The van der Waals surface area contributed by atoms with E-state index in [4.69, 9.17) is 16.3 Å². The molecule has 0 bridgehead atoms. The molecule has 0 spiro atoms. The molecule has 0 aliphatic rings. The van der Waals surface area contributed by atoms with Crippen molar-refractivity contribution in [2.24, 2.45) is 0 Å². The van der Waals surface area contributed by atoms with E-state index in [-0.39, 0.29) is 12.4 Å². The Hall–Kier alpha value is -1.14. The van der Waals surface area contributed by atoms with Crippen molar-refractivity contribution in [3.05, 3.63) is 56.9 Å². The summed E-state index contributed by atoms with van der Waals surface area (Å²) in [6.45, 7) is -0.0252. The molecule has 0 fully saturated rings. The number of rotatable bonds is 4. The lowest BCUT2D eigenvalue weighted by Crippen LogP contribution is -2.11. The third-order valence-electron chi connectivity index (χ3n) is 2.22. The van der Waals surface area contributed by atoms with Gasteiger partial charge in [0.05, 0.1) is 11.2 Å². The molecule has 0 radical (unpaired) electrons. The van der Waals surface area contributed by atoms with Crippen LogP contribution in [-0.4, -0.2) is 17.4 Å². The molecule has 0 saturated carbocycles. The van der Waals surface area contributed by atoms with Crippen LogP contribution in [0.5, 0.6) is 5.75 Å². The largest absolute Gasteiger partial charge is 0.484 e. The highest BCUT2D eigenvalue weighted by Gasteiger charge is 2.06. The van der Waals surface area contributed by atoms with Crippen molar-refractivity contribution in [3.8, 4) is 5.75 Å². The second-order valence-corrected chi connectivity index (χ2v) is 5.24. The molecule has 18 heavy (non-hydrogen) atoms. The van der Waals surface area contributed by atoms with Gasteiger partial charge < -0.3 is 4.74 Å². The summed E-state index contributed by atoms with van der Waals surface area (Å²) in [5.41, 5.74) is 0.630. The second kappa shape index (κ2) is 6.15. The highest BCUT2D eigenvalue weighted by atomic mass is 127. The fraction of sp³-hybridized carbons (Fsp3) is 0.0769. The van der Waals surface area contributed by atoms with Gasteiger partial charge in [-0.25, -0.2) is 0 Å². The standard InChI is InChI=1S/C13H9ClINO2/c14-10-5-12(7-16-6-10)18-8-13(17)9-1-3-11(15)4-2-9/h1-7H,8H2. The Morgan fingerprint density at radius 1 is 1.28 bits per heavy atom. The van der Waals surface area contributed by atoms with Gasteiger partial charge in [0.15, 0.2) is 12.4 Å². The third-order valence-corrected chi connectivity index (χ3v) is 3.14. The van der Waals surface area contributed by atoms with E-state index in [2.05, 4.69) is 27.6 Å². The first-order valence-corrected chi connectivity index (χ1v) is 6.63. The quantitative estimate of drug-likeness (QED) is 0.607. The van der Waals surface area contributed by atoms with Gasteiger partial charge in [-0.3, -0.25) is 9.78 Å². The first-order valence-electron chi connectivity index (χ1n) is 5.17. The summed E-state index contributed by atoms with van der Waals surface area (Å²) in [6, 6.07) is 8.95. The van der Waals surface area contributed by atoms with Crippen LogP contribution >= 0.6 is 34.2 Å². The fourth-order valence-corrected chi connectivity index (χ4v) is 1.86. The summed E-state index contributed by atoms with van der Waals surface area (Å²) in [5.74, 6) is 0.410. The van der Waals surface area contributed by atoms with Crippen LogP contribution in [0.3, 0.4) is 0 Å². The highest BCUT2D eigenvalue weighted by Crippen LogP contribution is 2.15. The average molecular weight is 374 g/mol. The minimum atomic E-state index is -0.0774. The number of ether oxygens (including phenoxy) is 1. The van der Waals surface area contributed by atoms with E-state index >= 15 is 0 Å². The fourth-order valence-electron chi connectivity index (χ4n) is 1.34. The van der Waals surface area contributed by atoms with Crippen molar-refractivity contribution in [1.82, 2.24) is 4.98 Å². The van der Waals surface area contributed by atoms with E-state index in [1.54, 1.807) is 18.2 Å². The van der Waals surface area contributed by atoms with E-state index in [0.717, 1.165) is 3.57 Å². The lowest BCUT2D eigenvalue weighted by atomic mass is 10.1. The van der Waals surface area contributed by atoms with Gasteiger partial charge in [0.2, 0.25) is 0 Å². The Morgan fingerprint density at radius 2 is 2.00 bits per heavy atom. The highest BCUT2D eigenvalue weighted by molar-refractivity contribution is 14.1. The monoisotopic (exact) mass is 373 g/mol. The zero-order valence-electron chi connectivity index (χ0n) is 9.27. The van der Waals surface area contributed by atoms with E-state index < -0.39 is 0 Å². The number of aromatic nitrogens is 1. The molecule has 1 aromatic carbocycles. The van der Waals surface area contributed by atoms with Crippen molar-refractivity contribution in [3.63, 3.8) is 0 Å². The molecule has 0 aliphatic heterocycles. The van der Waals surface area contributed by atoms with Gasteiger partial charge in [-0.15, -0.1) is 0 Å². The summed E-state index contributed by atoms with van der Waals surface area (Å²) >= 11 is 7.96. The summed E-state index contributed by atoms with van der Waals surface area (Å²) in [7, 11) is 0. The van der Waals surface area contributed by atoms with Crippen LogP contribution in [0, 0.1) is 3.57 Å². The van der Waals surface area contributed by atoms with Crippen molar-refractivity contribution in [2.45, 2.75) is 0 Å². The molecule has 3 nitrogen and oxygen atoms in total. The van der Waals surface area contributed by atoms with Gasteiger partial charge in [0.1, 0.15) is 5.75 Å². The third kappa shape index (κ3) is 3.68. The SMILES string of the molecule is O=C(COc1cncc(Cl)c1)c1ccc(I)cc1. The first-order chi connectivity index (χ1) is 8.65. The van der Waals surface area contributed by atoms with Crippen molar-refractivity contribution >= 4 is 40.0 Å². The first kappa shape index (κ1) is 13.3. The Bertz CT molecular complexity index is 557. The van der Waals surface area contributed by atoms with Crippen LogP contribution in [0.4, 0.5) is 0 Å². The van der Waals surface area contributed by atoms with Crippen LogP contribution < -0.4 is 4.74 Å². The normalized spacial score (nSPS) is 10.1. The Kier molecular flexibility index (Phi) is 4.54. The Labute approximate surface area is 123 Å². The van der Waals surface area contributed by atoms with E-state index in [9.17, 15) is 4.79 Å².